The number of ether oxygens (including phenoxy) is 1. The molecular formula is C22H23FN4O4. The number of H-pyrrole nitrogens is 1. The summed E-state index contributed by atoms with van der Waals surface area (Å²) in [5, 5.41) is 0. The maximum Gasteiger partial charge on any atom is 0.330 e. The summed E-state index contributed by atoms with van der Waals surface area (Å²) >= 11 is 0. The van der Waals surface area contributed by atoms with Crippen LogP contribution in [0.5, 0.6) is 0 Å². The van der Waals surface area contributed by atoms with Gasteiger partial charge in [0.05, 0.1) is 19.7 Å². The third-order valence-electron chi connectivity index (χ3n) is 4.86. The number of methoxy groups -OCH3 is 1. The Kier molecular flexibility index (Phi) is 6.66. The predicted molar refractivity (Wildman–Crippen MR) is 116 cm³/mol. The number of hydrogen-bond donors (Lipinski definition) is 2. The Morgan fingerprint density at radius 2 is 1.90 bits per heavy atom. The highest BCUT2D eigenvalue weighted by molar-refractivity contribution is 6.08. The van der Waals surface area contributed by atoms with Crippen molar-refractivity contribution in [3.05, 3.63) is 91.9 Å². The second-order valence-electron chi connectivity index (χ2n) is 6.97. The molecule has 2 aromatic carbocycles. The van der Waals surface area contributed by atoms with E-state index in [-0.39, 0.29) is 36.8 Å². The molecule has 3 N–H and O–H groups in total. The molecule has 0 atom stereocenters. The summed E-state index contributed by atoms with van der Waals surface area (Å²) in [6.45, 7) is 1.91. The number of benzene rings is 2. The van der Waals surface area contributed by atoms with Crippen LogP contribution in [-0.4, -0.2) is 29.2 Å². The Labute approximate surface area is 177 Å². The van der Waals surface area contributed by atoms with Gasteiger partial charge in [0.25, 0.3) is 11.5 Å². The van der Waals surface area contributed by atoms with E-state index in [0.29, 0.717) is 5.56 Å². The smallest absolute Gasteiger partial charge is 0.330 e. The van der Waals surface area contributed by atoms with Gasteiger partial charge >= 0.3 is 5.69 Å². The third kappa shape index (κ3) is 4.72. The van der Waals surface area contributed by atoms with Gasteiger partial charge in [-0.05, 0) is 30.2 Å². The maximum absolute atomic E-state index is 13.9. The van der Waals surface area contributed by atoms with Gasteiger partial charge in [-0.1, -0.05) is 36.4 Å². The monoisotopic (exact) mass is 426 g/mol. The van der Waals surface area contributed by atoms with Crippen molar-refractivity contribution >= 4 is 17.4 Å². The molecule has 3 rings (SSSR count). The molecule has 0 aliphatic rings. The first-order chi connectivity index (χ1) is 14.8. The van der Waals surface area contributed by atoms with Gasteiger partial charge in [0.2, 0.25) is 0 Å². The minimum atomic E-state index is -0.811. The zero-order valence-corrected chi connectivity index (χ0v) is 17.2. The number of nitrogen functional groups attached to an aromatic ring is 1. The van der Waals surface area contributed by atoms with Crippen LogP contribution in [0, 0.1) is 12.7 Å². The topological polar surface area (TPSA) is 110 Å². The lowest BCUT2D eigenvalue weighted by atomic mass is 10.1. The van der Waals surface area contributed by atoms with Crippen molar-refractivity contribution in [3.63, 3.8) is 0 Å². The van der Waals surface area contributed by atoms with E-state index in [1.807, 2.05) is 6.07 Å². The Bertz CT molecular complexity index is 1200. The lowest BCUT2D eigenvalue weighted by Gasteiger charge is -2.25. The van der Waals surface area contributed by atoms with Crippen molar-refractivity contribution in [2.45, 2.75) is 20.0 Å². The standard InChI is InChI=1S/C22H23FN4O4/c1-14-8-9-16(23)12-17(14)21(29)27(13-15-6-4-3-5-7-15)18-19(24)26(10-11-31-2)22(30)25-20(18)28/h3-9,12H,10-11,13,24H2,1-2H3,(H,25,28,30). The van der Waals surface area contributed by atoms with Crippen molar-refractivity contribution in [2.24, 2.45) is 0 Å². The molecule has 8 nitrogen and oxygen atoms in total. The molecule has 9 heteroatoms. The molecule has 1 amide bonds. The Balaban J connectivity index is 2.19. The molecule has 0 fully saturated rings. The fraction of sp³-hybridized carbons (Fsp3) is 0.227. The largest absolute Gasteiger partial charge is 0.383 e. The van der Waals surface area contributed by atoms with E-state index >= 15 is 0 Å². The molecule has 0 bridgehead atoms. The van der Waals surface area contributed by atoms with E-state index in [1.165, 1.54) is 19.2 Å². The maximum atomic E-state index is 13.9. The van der Waals surface area contributed by atoms with Crippen LogP contribution in [-0.2, 0) is 17.8 Å². The number of nitrogens with two attached hydrogens (primary N) is 1. The number of amides is 1. The molecule has 1 aromatic heterocycles. The number of halogens is 1. The van der Waals surface area contributed by atoms with Gasteiger partial charge in [0.1, 0.15) is 11.6 Å². The first kappa shape index (κ1) is 22.0. The Morgan fingerprint density at radius 3 is 2.58 bits per heavy atom. The summed E-state index contributed by atoms with van der Waals surface area (Å²) in [5.74, 6) is -1.38. The average Bonchev–Trinajstić information content (AvgIpc) is 2.74. The number of rotatable bonds is 7. The molecule has 0 radical (unpaired) electrons. The highest BCUT2D eigenvalue weighted by Crippen LogP contribution is 2.23. The zero-order valence-electron chi connectivity index (χ0n) is 17.2. The number of carbonyl (C=O) groups is 1. The quantitative estimate of drug-likeness (QED) is 0.601. The second kappa shape index (κ2) is 9.40. The molecule has 0 saturated heterocycles. The average molecular weight is 426 g/mol. The molecule has 31 heavy (non-hydrogen) atoms. The summed E-state index contributed by atoms with van der Waals surface area (Å²) in [7, 11) is 1.46. The molecule has 0 spiro atoms. The molecule has 0 aliphatic heterocycles. The van der Waals surface area contributed by atoms with Gasteiger partial charge in [-0.15, -0.1) is 0 Å². The van der Waals surface area contributed by atoms with E-state index in [2.05, 4.69) is 4.98 Å². The van der Waals surface area contributed by atoms with Crippen molar-refractivity contribution in [3.8, 4) is 0 Å². The minimum Gasteiger partial charge on any atom is -0.383 e. The van der Waals surface area contributed by atoms with Gasteiger partial charge in [0, 0.05) is 12.7 Å². The molecule has 162 valence electrons. The van der Waals surface area contributed by atoms with Crippen LogP contribution in [0.15, 0.2) is 58.1 Å². The normalized spacial score (nSPS) is 10.8. The summed E-state index contributed by atoms with van der Waals surface area (Å²) in [6.07, 6.45) is 0. The fourth-order valence-corrected chi connectivity index (χ4v) is 3.23. The van der Waals surface area contributed by atoms with Crippen LogP contribution < -0.4 is 21.9 Å². The highest BCUT2D eigenvalue weighted by atomic mass is 19.1. The molecule has 0 saturated carbocycles. The number of hydrogen-bond acceptors (Lipinski definition) is 5. The Hall–Kier alpha value is -3.72. The summed E-state index contributed by atoms with van der Waals surface area (Å²) in [4.78, 5) is 41.9. The lowest BCUT2D eigenvalue weighted by Crippen LogP contribution is -2.41. The summed E-state index contributed by atoms with van der Waals surface area (Å²) in [5.41, 5.74) is 5.82. The summed E-state index contributed by atoms with van der Waals surface area (Å²) < 4.78 is 20.0. The Morgan fingerprint density at radius 1 is 1.19 bits per heavy atom. The van der Waals surface area contributed by atoms with Crippen LogP contribution in [0.2, 0.25) is 0 Å². The zero-order chi connectivity index (χ0) is 22.5. The minimum absolute atomic E-state index is 0.00854. The first-order valence-electron chi connectivity index (χ1n) is 9.57. The van der Waals surface area contributed by atoms with Gasteiger partial charge < -0.3 is 10.5 Å². The van der Waals surface area contributed by atoms with Crippen LogP contribution in [0.1, 0.15) is 21.5 Å². The number of carbonyl (C=O) groups excluding carboxylic acids is 1. The van der Waals surface area contributed by atoms with E-state index in [1.54, 1.807) is 31.2 Å². The third-order valence-corrected chi connectivity index (χ3v) is 4.86. The predicted octanol–water partition coefficient (Wildman–Crippen LogP) is 2.06. The highest BCUT2D eigenvalue weighted by Gasteiger charge is 2.26. The van der Waals surface area contributed by atoms with E-state index in [9.17, 15) is 18.8 Å². The van der Waals surface area contributed by atoms with Gasteiger partial charge in [-0.3, -0.25) is 24.0 Å². The van der Waals surface area contributed by atoms with Crippen LogP contribution in [0.25, 0.3) is 0 Å². The van der Waals surface area contributed by atoms with Gasteiger partial charge in [0.15, 0.2) is 5.69 Å². The van der Waals surface area contributed by atoms with Crippen molar-refractivity contribution in [2.75, 3.05) is 24.4 Å². The van der Waals surface area contributed by atoms with Gasteiger partial charge in [-0.25, -0.2) is 9.18 Å². The fourth-order valence-electron chi connectivity index (χ4n) is 3.23. The van der Waals surface area contributed by atoms with Gasteiger partial charge in [-0.2, -0.15) is 0 Å². The molecule has 0 unspecified atom stereocenters. The molecule has 3 aromatic rings. The number of anilines is 2. The SMILES string of the molecule is COCCn1c(N)c(N(Cc2ccccc2)C(=O)c2cc(F)ccc2C)c(=O)[nH]c1=O. The van der Waals surface area contributed by atoms with Crippen molar-refractivity contribution < 1.29 is 13.9 Å². The van der Waals surface area contributed by atoms with E-state index in [0.717, 1.165) is 21.1 Å². The van der Waals surface area contributed by atoms with Crippen molar-refractivity contribution in [1.82, 2.24) is 9.55 Å². The number of nitrogens with zero attached hydrogens (tertiary/aromatic N) is 2. The van der Waals surface area contributed by atoms with E-state index < -0.39 is 23.0 Å². The van der Waals surface area contributed by atoms with Crippen LogP contribution in [0.4, 0.5) is 15.9 Å². The molecule has 1 heterocycles. The van der Waals surface area contributed by atoms with Crippen molar-refractivity contribution in [1.29, 1.82) is 0 Å². The molecular weight excluding hydrogens is 403 g/mol. The second-order valence-corrected chi connectivity index (χ2v) is 6.97. The first-order valence-corrected chi connectivity index (χ1v) is 9.57. The number of aromatic amines is 1. The van der Waals surface area contributed by atoms with Crippen LogP contribution >= 0.6 is 0 Å². The molecule has 0 aliphatic carbocycles. The number of aryl methyl sites for hydroxylation is 1. The number of aromatic nitrogens is 2. The van der Waals surface area contributed by atoms with Crippen LogP contribution in [0.3, 0.4) is 0 Å². The summed E-state index contributed by atoms with van der Waals surface area (Å²) in [6, 6.07) is 12.8. The lowest BCUT2D eigenvalue weighted by molar-refractivity contribution is 0.0983. The number of nitrogens with one attached hydrogen (secondary N) is 1. The van der Waals surface area contributed by atoms with E-state index in [4.69, 9.17) is 10.5 Å².